The summed E-state index contributed by atoms with van der Waals surface area (Å²) in [7, 11) is 0. The van der Waals surface area contributed by atoms with Crippen LogP contribution in [0.5, 0.6) is 0 Å². The minimum Gasteiger partial charge on any atom is -0.396 e. The first-order valence-electron chi connectivity index (χ1n) is 11.3. The number of rotatable bonds is 3. The number of ether oxygens (including phenoxy) is 3. The van der Waals surface area contributed by atoms with E-state index in [1.165, 1.54) is 6.42 Å². The molecule has 2 aliphatic carbocycles. The summed E-state index contributed by atoms with van der Waals surface area (Å²) < 4.78 is 19.5. The fourth-order valence-electron chi connectivity index (χ4n) is 7.57. The summed E-state index contributed by atoms with van der Waals surface area (Å²) in [5.41, 5.74) is -0.820. The maximum atomic E-state index is 10.1. The average Bonchev–Trinajstić information content (AvgIpc) is 3.03. The fourth-order valence-corrected chi connectivity index (χ4v) is 7.57. The summed E-state index contributed by atoms with van der Waals surface area (Å²) in [5.74, 6) is 0.409. The quantitative estimate of drug-likeness (QED) is 0.762. The van der Waals surface area contributed by atoms with Crippen molar-refractivity contribution in [2.75, 3.05) is 19.8 Å². The number of hydrogen-bond acceptors (Lipinski definition) is 5. The van der Waals surface area contributed by atoms with Crippen LogP contribution in [0.2, 0.25) is 0 Å². The molecule has 0 aromatic carbocycles. The van der Waals surface area contributed by atoms with E-state index in [9.17, 15) is 10.2 Å². The van der Waals surface area contributed by atoms with Crippen molar-refractivity contribution >= 4 is 0 Å². The molecule has 7 atom stereocenters. The first kappa shape index (κ1) is 21.0. The molecule has 4 unspecified atom stereocenters. The van der Waals surface area contributed by atoms with E-state index in [1.54, 1.807) is 0 Å². The molecule has 5 heteroatoms. The van der Waals surface area contributed by atoms with E-state index in [0.29, 0.717) is 18.3 Å². The minimum absolute atomic E-state index is 0.0108. The monoisotopic (exact) mass is 396 g/mol. The lowest BCUT2D eigenvalue weighted by atomic mass is 9.43. The molecular formula is C23H40O5. The molecule has 0 aromatic rings. The summed E-state index contributed by atoms with van der Waals surface area (Å²) in [5, 5.41) is 19.7. The summed E-state index contributed by atoms with van der Waals surface area (Å²) in [4.78, 5) is 0. The molecular weight excluding hydrogens is 356 g/mol. The molecule has 2 saturated carbocycles. The van der Waals surface area contributed by atoms with Crippen LogP contribution in [-0.2, 0) is 14.2 Å². The normalized spacial score (nSPS) is 53.0. The van der Waals surface area contributed by atoms with E-state index in [0.717, 1.165) is 38.7 Å². The largest absolute Gasteiger partial charge is 0.396 e. The van der Waals surface area contributed by atoms with Gasteiger partial charge in [-0.3, -0.25) is 0 Å². The maximum absolute atomic E-state index is 10.1. The van der Waals surface area contributed by atoms with Gasteiger partial charge in [0.1, 0.15) is 0 Å². The summed E-state index contributed by atoms with van der Waals surface area (Å²) in [6.07, 6.45) is 6.95. The van der Waals surface area contributed by atoms with E-state index < -0.39 is 11.4 Å². The average molecular weight is 397 g/mol. The van der Waals surface area contributed by atoms with Crippen molar-refractivity contribution in [2.45, 2.75) is 103 Å². The van der Waals surface area contributed by atoms with E-state index in [-0.39, 0.29) is 35.7 Å². The molecule has 28 heavy (non-hydrogen) atoms. The molecule has 0 aromatic heterocycles. The highest BCUT2D eigenvalue weighted by atomic mass is 16.7. The van der Waals surface area contributed by atoms with Crippen molar-refractivity contribution in [2.24, 2.45) is 22.7 Å². The highest BCUT2D eigenvalue weighted by Crippen LogP contribution is 2.69. The maximum Gasteiger partial charge on any atom is 0.163 e. The van der Waals surface area contributed by atoms with Crippen LogP contribution in [0, 0.1) is 22.7 Å². The predicted molar refractivity (Wildman–Crippen MR) is 107 cm³/mol. The van der Waals surface area contributed by atoms with Gasteiger partial charge in [0, 0.05) is 23.9 Å². The molecule has 0 radical (unpaired) electrons. The standard InChI is InChI=1S/C23H40O5/c1-16-6-7-17-20(4)15-26-19(2,3)27-18(20)8-9-21(17,5)23(16)11-10-22(14-25,28-23)12-13-24/h16-18,24-25H,6-15H2,1-5H3/t16-,17?,18?,20+,21-,22?,23?/m1/s1. The number of hydrogen-bond donors (Lipinski definition) is 2. The molecule has 4 fully saturated rings. The van der Waals surface area contributed by atoms with Crippen molar-refractivity contribution < 1.29 is 24.4 Å². The molecule has 162 valence electrons. The van der Waals surface area contributed by atoms with E-state index in [1.807, 2.05) is 13.8 Å². The van der Waals surface area contributed by atoms with Crippen LogP contribution in [0.25, 0.3) is 0 Å². The Morgan fingerprint density at radius 3 is 2.39 bits per heavy atom. The van der Waals surface area contributed by atoms with Crippen LogP contribution < -0.4 is 0 Å². The first-order valence-corrected chi connectivity index (χ1v) is 11.3. The van der Waals surface area contributed by atoms with Crippen molar-refractivity contribution in [3.8, 4) is 0 Å². The summed E-state index contributed by atoms with van der Waals surface area (Å²) in [6.45, 7) is 12.0. The zero-order valence-electron chi connectivity index (χ0n) is 18.4. The topological polar surface area (TPSA) is 68.2 Å². The Bertz CT molecular complexity index is 608. The third kappa shape index (κ3) is 2.76. The van der Waals surface area contributed by atoms with Crippen molar-refractivity contribution in [3.63, 3.8) is 0 Å². The fraction of sp³-hybridized carbons (Fsp3) is 1.00. The molecule has 1 spiro atoms. The molecule has 2 N–H and O–H groups in total. The molecule has 2 saturated heterocycles. The van der Waals surface area contributed by atoms with Crippen LogP contribution in [0.4, 0.5) is 0 Å². The van der Waals surface area contributed by atoms with Gasteiger partial charge in [-0.1, -0.05) is 20.8 Å². The highest BCUT2D eigenvalue weighted by Gasteiger charge is 2.70. The van der Waals surface area contributed by atoms with E-state index in [4.69, 9.17) is 14.2 Å². The Morgan fingerprint density at radius 2 is 1.71 bits per heavy atom. The van der Waals surface area contributed by atoms with Gasteiger partial charge in [0.2, 0.25) is 0 Å². The molecule has 2 aliphatic heterocycles. The van der Waals surface area contributed by atoms with Gasteiger partial charge in [-0.15, -0.1) is 0 Å². The smallest absolute Gasteiger partial charge is 0.163 e. The van der Waals surface area contributed by atoms with Gasteiger partial charge >= 0.3 is 0 Å². The van der Waals surface area contributed by atoms with E-state index in [2.05, 4.69) is 20.8 Å². The van der Waals surface area contributed by atoms with Crippen LogP contribution in [0.1, 0.15) is 79.6 Å². The third-order valence-electron chi connectivity index (χ3n) is 9.24. The molecule has 4 aliphatic rings. The second-order valence-electron chi connectivity index (χ2n) is 11.1. The Morgan fingerprint density at radius 1 is 0.964 bits per heavy atom. The summed E-state index contributed by atoms with van der Waals surface area (Å²) in [6, 6.07) is 0. The van der Waals surface area contributed by atoms with Gasteiger partial charge in [-0.2, -0.15) is 0 Å². The second-order valence-corrected chi connectivity index (χ2v) is 11.1. The van der Waals surface area contributed by atoms with Gasteiger partial charge in [-0.05, 0) is 64.2 Å². The number of aliphatic hydroxyl groups is 2. The molecule has 2 heterocycles. The molecule has 4 rings (SSSR count). The van der Waals surface area contributed by atoms with Crippen LogP contribution in [0.15, 0.2) is 0 Å². The Hall–Kier alpha value is -0.200. The number of fused-ring (bicyclic) bond motifs is 4. The molecule has 0 amide bonds. The van der Waals surface area contributed by atoms with Crippen molar-refractivity contribution in [1.29, 1.82) is 0 Å². The zero-order valence-corrected chi connectivity index (χ0v) is 18.4. The molecule has 0 bridgehead atoms. The van der Waals surface area contributed by atoms with Gasteiger partial charge in [0.15, 0.2) is 5.79 Å². The van der Waals surface area contributed by atoms with Crippen LogP contribution >= 0.6 is 0 Å². The molecule has 5 nitrogen and oxygen atoms in total. The van der Waals surface area contributed by atoms with Crippen LogP contribution in [0.3, 0.4) is 0 Å². The SMILES string of the molecule is C[C@@H]1CCC2[C@]3(C)COC(C)(C)OC3CC[C@@]2(C)C12CCC(CO)(CCO)O2. The van der Waals surface area contributed by atoms with Crippen LogP contribution in [-0.4, -0.2) is 53.1 Å². The number of aliphatic hydroxyl groups excluding tert-OH is 2. The highest BCUT2D eigenvalue weighted by molar-refractivity contribution is 5.18. The minimum atomic E-state index is -0.590. The van der Waals surface area contributed by atoms with Gasteiger partial charge in [-0.25, -0.2) is 0 Å². The lowest BCUT2D eigenvalue weighted by molar-refractivity contribution is -0.359. The van der Waals surface area contributed by atoms with Crippen molar-refractivity contribution in [1.82, 2.24) is 0 Å². The van der Waals surface area contributed by atoms with E-state index >= 15 is 0 Å². The van der Waals surface area contributed by atoms with Gasteiger partial charge < -0.3 is 24.4 Å². The second kappa shape index (κ2) is 6.65. The lowest BCUT2D eigenvalue weighted by Gasteiger charge is -2.67. The Kier molecular flexibility index (Phi) is 5.00. The third-order valence-corrected chi connectivity index (χ3v) is 9.24. The predicted octanol–water partition coefficient (Wildman–Crippen LogP) is 3.65. The lowest BCUT2D eigenvalue weighted by Crippen LogP contribution is -2.69. The summed E-state index contributed by atoms with van der Waals surface area (Å²) >= 11 is 0. The van der Waals surface area contributed by atoms with Gasteiger partial charge in [0.05, 0.1) is 30.5 Å². The van der Waals surface area contributed by atoms with Crippen molar-refractivity contribution in [3.05, 3.63) is 0 Å². The first-order chi connectivity index (χ1) is 13.1. The Balaban J connectivity index is 1.70. The Labute approximate surface area is 170 Å². The van der Waals surface area contributed by atoms with Gasteiger partial charge in [0.25, 0.3) is 0 Å². The zero-order chi connectivity index (χ0) is 20.4.